The molecule has 4 aliphatic carbocycles. The lowest BCUT2D eigenvalue weighted by Gasteiger charge is -2.69. The summed E-state index contributed by atoms with van der Waals surface area (Å²) >= 11 is 1.39. The minimum absolute atomic E-state index is 0.0366. The number of primary amides is 1. The van der Waals surface area contributed by atoms with Crippen molar-refractivity contribution < 1.29 is 67.9 Å². The van der Waals surface area contributed by atoms with Crippen LogP contribution < -0.4 is 32.3 Å². The molecule has 0 saturated heterocycles. The van der Waals surface area contributed by atoms with Gasteiger partial charge in [-0.1, -0.05) is 94.0 Å². The summed E-state index contributed by atoms with van der Waals surface area (Å²) < 4.78 is 16.0. The number of unbranched alkanes of at least 4 members (excludes halogenated alkanes) is 2. The third-order valence-electron chi connectivity index (χ3n) is 20.0. The lowest BCUT2D eigenvalue weighted by Crippen LogP contribution is -2.64. The predicted molar refractivity (Wildman–Crippen MR) is 382 cm³/mol. The van der Waals surface area contributed by atoms with E-state index in [1.807, 2.05) is 66.2 Å². The Kier molecular flexibility index (Phi) is 22.5. The number of amides is 8. The molecule has 4 heterocycles. The van der Waals surface area contributed by atoms with Crippen LogP contribution in [0.2, 0.25) is 0 Å². The van der Waals surface area contributed by atoms with Crippen LogP contribution in [0.15, 0.2) is 115 Å². The number of carbonyl (C=O) groups is 9. The summed E-state index contributed by atoms with van der Waals surface area (Å²) in [6.07, 6.45) is 9.61. The van der Waals surface area contributed by atoms with Gasteiger partial charge in [0.2, 0.25) is 24.1 Å². The monoisotopic (exact) mass is 1410 g/mol. The summed E-state index contributed by atoms with van der Waals surface area (Å²) in [5.74, 6) is -5.22. The average molecular weight is 1410 g/mol. The van der Waals surface area contributed by atoms with E-state index in [2.05, 4.69) is 45.4 Å². The van der Waals surface area contributed by atoms with E-state index in [0.29, 0.717) is 75.5 Å². The first-order chi connectivity index (χ1) is 48.7. The highest BCUT2D eigenvalue weighted by Crippen LogP contribution is 2.72. The molecule has 3 aromatic heterocycles. The number of pyridine rings is 1. The second-order valence-electron chi connectivity index (χ2n) is 28.9. The second kappa shape index (κ2) is 31.2. The van der Waals surface area contributed by atoms with Crippen LogP contribution in [0.4, 0.5) is 15.6 Å². The quantitative estimate of drug-likeness (QED) is 0.0103. The molecule has 4 unspecified atom stereocenters. The maximum absolute atomic E-state index is 13.9. The van der Waals surface area contributed by atoms with Crippen LogP contribution in [0.1, 0.15) is 143 Å². The molecule has 10 N–H and O–H groups in total. The van der Waals surface area contributed by atoms with E-state index in [9.17, 15) is 58.5 Å². The van der Waals surface area contributed by atoms with Crippen molar-refractivity contribution in [2.45, 2.75) is 155 Å². The minimum Gasteiger partial charge on any atom is -0.481 e. The van der Waals surface area contributed by atoms with Crippen molar-refractivity contribution in [2.75, 3.05) is 43.4 Å². The zero-order valence-electron chi connectivity index (χ0n) is 57.9. The zero-order valence-corrected chi connectivity index (χ0v) is 58.7. The third kappa shape index (κ3) is 17.6. The van der Waals surface area contributed by atoms with Crippen LogP contribution >= 0.6 is 11.3 Å². The Hall–Kier alpha value is -9.80. The number of aromatic nitrogens is 4. The maximum atomic E-state index is 13.9. The molecular weight excluding hydrogens is 1320 g/mol. The molecular formula is C75H88N12O14S. The number of rotatable bonds is 34. The fourth-order valence-corrected chi connectivity index (χ4v) is 17.3. The first-order valence-corrected chi connectivity index (χ1v) is 35.4. The van der Waals surface area contributed by atoms with Crippen molar-refractivity contribution in [3.05, 3.63) is 138 Å². The number of aromatic carboxylic acids is 1. The summed E-state index contributed by atoms with van der Waals surface area (Å²) in [7, 11) is 0. The topological polar surface area (TPSA) is 369 Å². The van der Waals surface area contributed by atoms with E-state index in [-0.39, 0.29) is 117 Å². The molecule has 26 nitrogen and oxygen atoms in total. The van der Waals surface area contributed by atoms with Gasteiger partial charge in [0.15, 0.2) is 10.8 Å². The Bertz CT molecular complexity index is 4310. The van der Waals surface area contributed by atoms with Crippen molar-refractivity contribution >= 4 is 96.6 Å². The molecule has 7 aromatic rings. The summed E-state index contributed by atoms with van der Waals surface area (Å²) in [5, 5.41) is 52.8. The van der Waals surface area contributed by atoms with Crippen LogP contribution in [0.25, 0.3) is 43.4 Å². The highest BCUT2D eigenvalue weighted by molar-refractivity contribution is 7.22. The van der Waals surface area contributed by atoms with Gasteiger partial charge in [-0.3, -0.25) is 53.4 Å². The maximum Gasteiger partial charge on any atom is 0.355 e. The number of hydrogen-bond donors (Lipinski definition) is 9. The number of fused-ring (bicyclic) bond motifs is 2. The number of anilines is 2. The SMILES string of the molecule is Cc1c(-c2ccc(-c3ccc4cccc(C(=O)Nc5nc6ccccc6s5)c4c3)nc2C(=O)O)cnn1CC12CC3(C)CC(C)(C1)CC(OCCN(CCC(=O)O)C(O)OCc1ccc(NC(=O)C(CCCNC(N)=O)NC(=O)[C@@H](NC(=O)CCCCCN4C(=O)C=CC4=O)C(C)C)cc1)(C3)C2. The van der Waals surface area contributed by atoms with Gasteiger partial charge in [0.05, 0.1) is 47.3 Å². The first kappa shape index (κ1) is 73.4. The van der Waals surface area contributed by atoms with Gasteiger partial charge in [-0.05, 0) is 158 Å². The summed E-state index contributed by atoms with van der Waals surface area (Å²) in [6, 6.07) is 26.1. The van der Waals surface area contributed by atoms with Crippen molar-refractivity contribution in [3.63, 3.8) is 0 Å². The molecule has 4 bridgehead atoms. The van der Waals surface area contributed by atoms with Gasteiger partial charge in [0, 0.05) is 84.9 Å². The number of carboxylic acid groups (broad SMARTS) is 2. The van der Waals surface area contributed by atoms with E-state index in [1.54, 1.807) is 62.5 Å². The van der Waals surface area contributed by atoms with Crippen molar-refractivity contribution in [2.24, 2.45) is 27.9 Å². The Balaban J connectivity index is 0.700. The molecule has 4 fully saturated rings. The Morgan fingerprint density at radius 1 is 0.765 bits per heavy atom. The number of imide groups is 1. The Morgan fingerprint density at radius 3 is 2.22 bits per heavy atom. The van der Waals surface area contributed by atoms with E-state index >= 15 is 0 Å². The lowest BCUT2D eigenvalue weighted by atomic mass is 9.39. The molecule has 8 amide bonds. The van der Waals surface area contributed by atoms with Crippen LogP contribution in [0.5, 0.6) is 0 Å². The summed E-state index contributed by atoms with van der Waals surface area (Å²) in [5.41, 5.74) is 9.35. The number of urea groups is 1. The first-order valence-electron chi connectivity index (χ1n) is 34.6. The van der Waals surface area contributed by atoms with E-state index in [4.69, 9.17) is 25.3 Å². The molecule has 27 heteroatoms. The number of carbonyl (C=O) groups excluding carboxylic acids is 7. The van der Waals surface area contributed by atoms with Crippen LogP contribution in [-0.4, -0.2) is 155 Å². The summed E-state index contributed by atoms with van der Waals surface area (Å²) in [6.45, 7) is 11.3. The number of aliphatic carboxylic acids is 1. The molecule has 1 aliphatic heterocycles. The minimum atomic E-state index is -1.52. The molecule has 0 spiro atoms. The normalized spacial score (nSPS) is 20.6. The fourth-order valence-electron chi connectivity index (χ4n) is 16.4. The number of aliphatic hydroxyl groups is 1. The number of benzene rings is 4. The largest absolute Gasteiger partial charge is 0.481 e. The Labute approximate surface area is 594 Å². The number of carboxylic acids is 2. The van der Waals surface area contributed by atoms with Crippen LogP contribution in [-0.2, 0) is 51.4 Å². The van der Waals surface area contributed by atoms with Gasteiger partial charge in [0.25, 0.3) is 17.7 Å². The van der Waals surface area contributed by atoms with E-state index in [0.717, 1.165) is 64.7 Å². The third-order valence-corrected chi connectivity index (χ3v) is 20.9. The van der Waals surface area contributed by atoms with Gasteiger partial charge in [-0.15, -0.1) is 0 Å². The highest BCUT2D eigenvalue weighted by Gasteiger charge is 2.66. The molecule has 5 atom stereocenters. The highest BCUT2D eigenvalue weighted by atomic mass is 32.1. The van der Waals surface area contributed by atoms with Crippen molar-refractivity contribution in [1.29, 1.82) is 0 Å². The smallest absolute Gasteiger partial charge is 0.355 e. The van der Waals surface area contributed by atoms with Gasteiger partial charge < -0.3 is 51.8 Å². The molecule has 5 aliphatic rings. The van der Waals surface area contributed by atoms with Crippen molar-refractivity contribution in [1.82, 2.24) is 45.5 Å². The lowest BCUT2D eigenvalue weighted by molar-refractivity contribution is -0.254. The number of ether oxygens (including phenoxy) is 2. The molecule has 0 radical (unpaired) electrons. The number of para-hydroxylation sites is 1. The molecule has 4 saturated carbocycles. The molecule has 538 valence electrons. The molecule has 4 aromatic carbocycles. The molecule has 12 rings (SSSR count). The standard InChI is InChI=1S/C75H88N12O14S/c1-45(2)63(83-59(88)18-7-6-10-31-86-60(89)27-28-61(86)90)67(95)81-57(16-12-30-77-69(76)98)66(94)79-50-23-19-47(20-24-50)37-100-71(99)85(32-29-62(91)92)33-34-101-75-41-72(4)38-73(5,42-75)40-74(39-72,43-75)44-87-46(3)54(36-78-87)51-25-26-55(80-64(51)68(96)97)49-22-21-48-13-11-14-52(53(48)35-49)65(93)84-70-82-56-15-8-9-17-58(56)102-70/h8-9,11,13-15,17,19-28,35-36,45,57,63,71,99H,6-7,10,12,16,18,29-34,37-44H2,1-5H3,(H,79,94)(H,81,95)(H,83,88)(H,91,92)(H,96,97)(H3,76,77,98)(H,82,84,93)/t57?,63-,71?,72?,73?,74?,75?/m0/s1. The van der Waals surface area contributed by atoms with Gasteiger partial charge in [0.1, 0.15) is 12.1 Å². The van der Waals surface area contributed by atoms with Gasteiger partial charge >= 0.3 is 18.0 Å². The number of nitrogens with zero attached hydrogens (tertiary/aromatic N) is 6. The number of hydrogen-bond acceptors (Lipinski definition) is 17. The van der Waals surface area contributed by atoms with Gasteiger partial charge in [-0.25, -0.2) is 19.6 Å². The zero-order chi connectivity index (χ0) is 72.7. The van der Waals surface area contributed by atoms with Crippen LogP contribution in [0.3, 0.4) is 0 Å². The second-order valence-corrected chi connectivity index (χ2v) is 29.9. The number of thiazole rings is 1. The Morgan fingerprint density at radius 2 is 1.51 bits per heavy atom. The average Bonchev–Trinajstić information content (AvgIpc) is 0.790. The van der Waals surface area contributed by atoms with E-state index < -0.39 is 53.9 Å². The van der Waals surface area contributed by atoms with Crippen molar-refractivity contribution in [3.8, 4) is 22.4 Å². The van der Waals surface area contributed by atoms with Gasteiger partial charge in [-0.2, -0.15) is 5.10 Å². The number of nitrogens with one attached hydrogen (secondary N) is 5. The molecule has 102 heavy (non-hydrogen) atoms. The summed E-state index contributed by atoms with van der Waals surface area (Å²) in [4.78, 5) is 127. The number of aliphatic hydroxyl groups excluding tert-OH is 1. The van der Waals surface area contributed by atoms with Crippen LogP contribution in [0, 0.1) is 29.1 Å². The fraction of sp³-hybridized carbons (Fsp3) is 0.440. The predicted octanol–water partition coefficient (Wildman–Crippen LogP) is 9.54. The number of nitrogens with two attached hydrogens (primary N) is 1. The van der Waals surface area contributed by atoms with E-state index in [1.165, 1.54) is 28.4 Å².